The van der Waals surface area contributed by atoms with Crippen LogP contribution in [0.5, 0.6) is 0 Å². The molecule has 1 heterocycles. The molecule has 1 aliphatic rings. The van der Waals surface area contributed by atoms with Crippen molar-refractivity contribution in [2.75, 3.05) is 11.9 Å². The third kappa shape index (κ3) is 4.54. The van der Waals surface area contributed by atoms with Gasteiger partial charge in [-0.05, 0) is 65.9 Å². The minimum Gasteiger partial charge on any atom is -0.475 e. The highest BCUT2D eigenvalue weighted by Gasteiger charge is 2.23. The molecular weight excluding hydrogens is 404 g/mol. The van der Waals surface area contributed by atoms with E-state index in [1.54, 1.807) is 0 Å². The quantitative estimate of drug-likeness (QED) is 0.357. The lowest BCUT2D eigenvalue weighted by molar-refractivity contribution is 0.320. The lowest BCUT2D eigenvalue weighted by Gasteiger charge is -2.14. The summed E-state index contributed by atoms with van der Waals surface area (Å²) in [6.07, 6.45) is 2.02. The van der Waals surface area contributed by atoms with Crippen LogP contribution in [0, 0.1) is 20.8 Å². The van der Waals surface area contributed by atoms with Crippen molar-refractivity contribution in [3.8, 4) is 0 Å². The maximum absolute atomic E-state index is 6.05. The van der Waals surface area contributed by atoms with Crippen molar-refractivity contribution in [3.05, 3.63) is 119 Å². The number of benzene rings is 4. The molecule has 164 valence electrons. The van der Waals surface area contributed by atoms with E-state index in [1.807, 2.05) is 24.3 Å². The van der Waals surface area contributed by atoms with Crippen molar-refractivity contribution in [3.63, 3.8) is 0 Å². The second kappa shape index (κ2) is 8.95. The number of ether oxygens (including phenoxy) is 1. The Labute approximate surface area is 195 Å². The van der Waals surface area contributed by atoms with Crippen LogP contribution in [0.25, 0.3) is 16.5 Å². The Morgan fingerprint density at radius 3 is 2.30 bits per heavy atom. The molecular formula is C30H28N2O. The minimum absolute atomic E-state index is 0.0227. The fraction of sp³-hybridized carbons (Fsp3) is 0.167. The molecule has 33 heavy (non-hydrogen) atoms. The number of nitrogens with one attached hydrogen (secondary N) is 1. The second-order valence-electron chi connectivity index (χ2n) is 8.72. The Hall–Kier alpha value is -3.85. The average Bonchev–Trinajstić information content (AvgIpc) is 3.26. The summed E-state index contributed by atoms with van der Waals surface area (Å²) < 4.78 is 6.05. The van der Waals surface area contributed by atoms with Crippen molar-refractivity contribution in [2.45, 2.75) is 26.8 Å². The normalized spacial score (nSPS) is 15.9. The Balaban J connectivity index is 1.49. The van der Waals surface area contributed by atoms with Gasteiger partial charge in [0.1, 0.15) is 12.6 Å². The van der Waals surface area contributed by atoms with Gasteiger partial charge in [-0.2, -0.15) is 0 Å². The van der Waals surface area contributed by atoms with Crippen LogP contribution in [0.4, 0.5) is 5.69 Å². The van der Waals surface area contributed by atoms with Crippen molar-refractivity contribution < 1.29 is 4.74 Å². The predicted octanol–water partition coefficient (Wildman–Crippen LogP) is 7.39. The molecule has 0 spiro atoms. The molecule has 0 saturated heterocycles. The number of anilines is 1. The van der Waals surface area contributed by atoms with Crippen LogP contribution in [0.3, 0.4) is 0 Å². The molecule has 0 amide bonds. The third-order valence-electron chi connectivity index (χ3n) is 6.12. The Morgan fingerprint density at radius 2 is 1.55 bits per heavy atom. The highest BCUT2D eigenvalue weighted by molar-refractivity contribution is 5.99. The summed E-state index contributed by atoms with van der Waals surface area (Å²) in [7, 11) is 0. The Bertz CT molecular complexity index is 1350. The molecule has 4 aromatic carbocycles. The number of aryl methyl sites for hydroxylation is 3. The molecule has 4 aromatic rings. The molecule has 3 heteroatoms. The zero-order chi connectivity index (χ0) is 22.8. The monoisotopic (exact) mass is 432 g/mol. The maximum Gasteiger partial charge on any atom is 0.211 e. The Morgan fingerprint density at radius 1 is 0.848 bits per heavy atom. The zero-order valence-corrected chi connectivity index (χ0v) is 19.3. The van der Waals surface area contributed by atoms with E-state index in [9.17, 15) is 0 Å². The third-order valence-corrected chi connectivity index (χ3v) is 6.12. The van der Waals surface area contributed by atoms with Crippen LogP contribution in [0.1, 0.15) is 33.9 Å². The minimum atomic E-state index is 0.0227. The summed E-state index contributed by atoms with van der Waals surface area (Å²) in [6, 6.07) is 29.6. The lowest BCUT2D eigenvalue weighted by Crippen LogP contribution is -2.04. The summed E-state index contributed by atoms with van der Waals surface area (Å²) in [5, 5.41) is 6.03. The molecule has 5 rings (SSSR count). The lowest BCUT2D eigenvalue weighted by atomic mass is 9.95. The number of aliphatic imine (C=N–C) groups is 1. The molecule has 0 aliphatic carbocycles. The summed E-state index contributed by atoms with van der Waals surface area (Å²) >= 11 is 0. The van der Waals surface area contributed by atoms with Gasteiger partial charge in [0.25, 0.3) is 0 Å². The molecule has 0 saturated carbocycles. The highest BCUT2D eigenvalue weighted by atomic mass is 16.5. The Kier molecular flexibility index (Phi) is 5.70. The second-order valence-corrected chi connectivity index (χ2v) is 8.72. The van der Waals surface area contributed by atoms with E-state index < -0.39 is 0 Å². The molecule has 1 unspecified atom stereocenters. The standard InChI is InChI=1S/C30H28N2O/c1-20-15-21(2)30(22(3)16-20)28-19-33-29(32-28)18-27(24-10-5-4-6-11-24)31-26-14-13-23-9-7-8-12-25(23)17-26/h4-18,28,31H,19H2,1-3H3. The fourth-order valence-corrected chi connectivity index (χ4v) is 4.69. The smallest absolute Gasteiger partial charge is 0.211 e. The van der Waals surface area contributed by atoms with Crippen LogP contribution in [0.2, 0.25) is 0 Å². The molecule has 0 aromatic heterocycles. The van der Waals surface area contributed by atoms with Gasteiger partial charge >= 0.3 is 0 Å². The molecule has 1 N–H and O–H groups in total. The summed E-state index contributed by atoms with van der Waals surface area (Å²) in [5.74, 6) is 0.659. The summed E-state index contributed by atoms with van der Waals surface area (Å²) in [6.45, 7) is 7.02. The van der Waals surface area contributed by atoms with Crippen LogP contribution in [0.15, 0.2) is 96.0 Å². The van der Waals surface area contributed by atoms with Crippen LogP contribution in [-0.2, 0) is 4.74 Å². The van der Waals surface area contributed by atoms with Gasteiger partial charge in [-0.25, -0.2) is 4.99 Å². The molecule has 1 aliphatic heterocycles. The SMILES string of the molecule is Cc1cc(C)c(C2COC(C=C(Nc3ccc4ccccc4c3)c3ccccc3)=N2)c(C)c1. The van der Waals surface area contributed by atoms with Gasteiger partial charge in [0.15, 0.2) is 0 Å². The van der Waals surface area contributed by atoms with Gasteiger partial charge in [0.2, 0.25) is 5.90 Å². The van der Waals surface area contributed by atoms with Crippen molar-refractivity contribution in [1.82, 2.24) is 0 Å². The number of hydrogen-bond donors (Lipinski definition) is 1. The van der Waals surface area contributed by atoms with E-state index in [0.29, 0.717) is 12.5 Å². The number of rotatable bonds is 5. The van der Waals surface area contributed by atoms with Crippen LogP contribution in [-0.4, -0.2) is 12.5 Å². The van der Waals surface area contributed by atoms with Gasteiger partial charge in [-0.15, -0.1) is 0 Å². The van der Waals surface area contributed by atoms with E-state index in [4.69, 9.17) is 9.73 Å². The van der Waals surface area contributed by atoms with Gasteiger partial charge in [0.05, 0.1) is 5.70 Å². The van der Waals surface area contributed by atoms with Crippen molar-refractivity contribution in [1.29, 1.82) is 0 Å². The fourth-order valence-electron chi connectivity index (χ4n) is 4.69. The number of fused-ring (bicyclic) bond motifs is 1. The first kappa shape index (κ1) is 21.0. The number of nitrogens with zero attached hydrogens (tertiary/aromatic N) is 1. The zero-order valence-electron chi connectivity index (χ0n) is 19.3. The molecule has 3 nitrogen and oxygen atoms in total. The van der Waals surface area contributed by atoms with Crippen LogP contribution < -0.4 is 5.32 Å². The molecule has 1 atom stereocenters. The van der Waals surface area contributed by atoms with E-state index in [0.717, 1.165) is 16.9 Å². The number of hydrogen-bond acceptors (Lipinski definition) is 3. The van der Waals surface area contributed by atoms with Gasteiger partial charge in [-0.1, -0.05) is 78.4 Å². The van der Waals surface area contributed by atoms with Crippen molar-refractivity contribution >= 4 is 28.1 Å². The topological polar surface area (TPSA) is 33.6 Å². The van der Waals surface area contributed by atoms with Gasteiger partial charge in [0, 0.05) is 11.8 Å². The van der Waals surface area contributed by atoms with E-state index in [-0.39, 0.29) is 6.04 Å². The maximum atomic E-state index is 6.05. The van der Waals surface area contributed by atoms with Gasteiger partial charge in [-0.3, -0.25) is 0 Å². The first-order valence-corrected chi connectivity index (χ1v) is 11.4. The first-order chi connectivity index (χ1) is 16.1. The highest BCUT2D eigenvalue weighted by Crippen LogP contribution is 2.31. The average molecular weight is 433 g/mol. The predicted molar refractivity (Wildman–Crippen MR) is 139 cm³/mol. The molecule has 0 bridgehead atoms. The van der Waals surface area contributed by atoms with Gasteiger partial charge < -0.3 is 10.1 Å². The van der Waals surface area contributed by atoms with Crippen LogP contribution >= 0.6 is 0 Å². The van der Waals surface area contributed by atoms with E-state index >= 15 is 0 Å². The molecule has 0 fully saturated rings. The first-order valence-electron chi connectivity index (χ1n) is 11.4. The summed E-state index contributed by atoms with van der Waals surface area (Å²) in [4.78, 5) is 4.94. The van der Waals surface area contributed by atoms with E-state index in [1.165, 1.54) is 33.0 Å². The molecule has 0 radical (unpaired) electrons. The largest absolute Gasteiger partial charge is 0.475 e. The van der Waals surface area contributed by atoms with Crippen molar-refractivity contribution in [2.24, 2.45) is 4.99 Å². The summed E-state index contributed by atoms with van der Waals surface area (Å²) in [5.41, 5.74) is 8.17. The van der Waals surface area contributed by atoms with E-state index in [2.05, 4.69) is 92.8 Å².